The summed E-state index contributed by atoms with van der Waals surface area (Å²) in [5, 5.41) is 0. The van der Waals surface area contributed by atoms with Crippen molar-refractivity contribution >= 4 is 15.7 Å². The quantitative estimate of drug-likeness (QED) is 0.694. The first-order chi connectivity index (χ1) is 8.49. The fourth-order valence-electron chi connectivity index (χ4n) is 1.45. The average molecular weight is 274 g/mol. The van der Waals surface area contributed by atoms with Crippen molar-refractivity contribution in [1.82, 2.24) is 4.72 Å². The molecule has 0 atom stereocenters. The van der Waals surface area contributed by atoms with Gasteiger partial charge < -0.3 is 15.2 Å². The molecule has 18 heavy (non-hydrogen) atoms. The second-order valence-corrected chi connectivity index (χ2v) is 5.51. The van der Waals surface area contributed by atoms with Gasteiger partial charge in [0.2, 0.25) is 10.0 Å². The van der Waals surface area contributed by atoms with Crippen LogP contribution >= 0.6 is 0 Å². The molecule has 0 aliphatic heterocycles. The molecule has 6 nitrogen and oxygen atoms in total. The lowest BCUT2D eigenvalue weighted by molar-refractivity contribution is 0.112. The number of anilines is 1. The summed E-state index contributed by atoms with van der Waals surface area (Å²) in [6.45, 7) is 0.476. The topological polar surface area (TPSA) is 90.6 Å². The van der Waals surface area contributed by atoms with Crippen LogP contribution in [0.3, 0.4) is 0 Å². The third kappa shape index (κ3) is 4.26. The molecule has 7 heteroatoms. The van der Waals surface area contributed by atoms with E-state index in [0.717, 1.165) is 0 Å². The summed E-state index contributed by atoms with van der Waals surface area (Å²) in [5.41, 5.74) is 6.02. The van der Waals surface area contributed by atoms with Crippen molar-refractivity contribution in [3.63, 3.8) is 0 Å². The van der Waals surface area contributed by atoms with Crippen LogP contribution in [0.1, 0.15) is 0 Å². The molecule has 1 aromatic carbocycles. The van der Waals surface area contributed by atoms with E-state index in [0.29, 0.717) is 5.69 Å². The predicted octanol–water partition coefficient (Wildman–Crippen LogP) is 0.209. The summed E-state index contributed by atoms with van der Waals surface area (Å²) in [6, 6.07) is 5.55. The predicted molar refractivity (Wildman–Crippen MR) is 68.7 cm³/mol. The van der Waals surface area contributed by atoms with Gasteiger partial charge in [-0.05, 0) is 24.3 Å². The number of hydrogen-bond acceptors (Lipinski definition) is 5. The summed E-state index contributed by atoms with van der Waals surface area (Å²) >= 11 is 0. The molecule has 0 saturated carbocycles. The molecule has 0 aliphatic rings. The maximum absolute atomic E-state index is 12.0. The smallest absolute Gasteiger partial charge is 0.240 e. The lowest BCUT2D eigenvalue weighted by Gasteiger charge is -2.17. The highest BCUT2D eigenvalue weighted by Crippen LogP contribution is 2.12. The van der Waals surface area contributed by atoms with Crippen LogP contribution in [-0.4, -0.2) is 41.9 Å². The van der Waals surface area contributed by atoms with Crippen LogP contribution in [0.2, 0.25) is 0 Å². The van der Waals surface area contributed by atoms with Crippen molar-refractivity contribution < 1.29 is 17.9 Å². The van der Waals surface area contributed by atoms with Crippen molar-refractivity contribution in [2.75, 3.05) is 33.2 Å². The van der Waals surface area contributed by atoms with Gasteiger partial charge in [0.1, 0.15) is 0 Å². The Morgan fingerprint density at radius 3 is 2.11 bits per heavy atom. The zero-order valence-electron chi connectivity index (χ0n) is 10.4. The Hall–Kier alpha value is -1.15. The Kier molecular flexibility index (Phi) is 5.54. The van der Waals surface area contributed by atoms with Crippen LogP contribution in [0.25, 0.3) is 0 Å². The fraction of sp³-hybridized carbons (Fsp3) is 0.455. The molecule has 0 aliphatic carbocycles. The number of rotatable bonds is 7. The van der Waals surface area contributed by atoms with Crippen molar-refractivity contribution in [3.8, 4) is 0 Å². The molecular formula is C11H18N2O4S. The summed E-state index contributed by atoms with van der Waals surface area (Å²) in [5.74, 6) is 0. The van der Waals surface area contributed by atoms with E-state index < -0.39 is 16.1 Å². The first-order valence-corrected chi connectivity index (χ1v) is 6.83. The molecule has 0 fully saturated rings. The molecule has 3 N–H and O–H groups in total. The number of nitrogens with one attached hydrogen (secondary N) is 1. The molecule has 0 amide bonds. The molecule has 0 aromatic heterocycles. The zero-order valence-corrected chi connectivity index (χ0v) is 11.2. The van der Waals surface area contributed by atoms with E-state index in [1.165, 1.54) is 38.5 Å². The van der Waals surface area contributed by atoms with Crippen LogP contribution in [0.5, 0.6) is 0 Å². The highest BCUT2D eigenvalue weighted by molar-refractivity contribution is 7.89. The normalized spacial score (nSPS) is 11.9. The molecule has 1 rings (SSSR count). The van der Waals surface area contributed by atoms with E-state index in [4.69, 9.17) is 15.2 Å². The minimum absolute atomic E-state index is 0.161. The van der Waals surface area contributed by atoms with Crippen molar-refractivity contribution in [3.05, 3.63) is 24.3 Å². The first-order valence-electron chi connectivity index (χ1n) is 5.35. The first kappa shape index (κ1) is 14.9. The van der Waals surface area contributed by atoms with Crippen LogP contribution in [0, 0.1) is 0 Å². The summed E-state index contributed by atoms with van der Waals surface area (Å²) in [6.07, 6.45) is 0. The maximum atomic E-state index is 12.0. The monoisotopic (exact) mass is 274 g/mol. The van der Waals surface area contributed by atoms with Crippen molar-refractivity contribution in [1.29, 1.82) is 0 Å². The van der Waals surface area contributed by atoms with Crippen LogP contribution < -0.4 is 10.5 Å². The second-order valence-electron chi connectivity index (χ2n) is 3.80. The van der Waals surface area contributed by atoms with Gasteiger partial charge in [0, 0.05) is 19.9 Å². The van der Waals surface area contributed by atoms with E-state index >= 15 is 0 Å². The lowest BCUT2D eigenvalue weighted by Crippen LogP contribution is -2.41. The highest BCUT2D eigenvalue weighted by atomic mass is 32.2. The number of nitrogens with two attached hydrogens (primary N) is 1. The number of nitrogen functional groups attached to an aromatic ring is 1. The molecule has 1 aromatic rings. The van der Waals surface area contributed by atoms with Gasteiger partial charge in [0.05, 0.1) is 24.2 Å². The number of hydrogen-bond donors (Lipinski definition) is 2. The highest BCUT2D eigenvalue weighted by Gasteiger charge is 2.19. The number of benzene rings is 1. The SMILES string of the molecule is COCC(COC)NS(=O)(=O)c1ccc(N)cc1. The van der Waals surface area contributed by atoms with Crippen molar-refractivity contribution in [2.45, 2.75) is 10.9 Å². The van der Waals surface area contributed by atoms with E-state index in [2.05, 4.69) is 4.72 Å². The Morgan fingerprint density at radius 1 is 1.17 bits per heavy atom. The van der Waals surface area contributed by atoms with Crippen LogP contribution in [-0.2, 0) is 19.5 Å². The Morgan fingerprint density at radius 2 is 1.67 bits per heavy atom. The molecule has 0 radical (unpaired) electrons. The molecule has 102 valence electrons. The summed E-state index contributed by atoms with van der Waals surface area (Å²) in [4.78, 5) is 0.161. The van der Waals surface area contributed by atoms with Gasteiger partial charge in [-0.2, -0.15) is 0 Å². The maximum Gasteiger partial charge on any atom is 0.240 e. The van der Waals surface area contributed by atoms with Gasteiger partial charge in [0.25, 0.3) is 0 Å². The third-order valence-corrected chi connectivity index (χ3v) is 3.78. The van der Waals surface area contributed by atoms with E-state index in [1.54, 1.807) is 0 Å². The molecular weight excluding hydrogens is 256 g/mol. The van der Waals surface area contributed by atoms with Gasteiger partial charge in [-0.3, -0.25) is 0 Å². The van der Waals surface area contributed by atoms with Gasteiger partial charge in [-0.25, -0.2) is 13.1 Å². The van der Waals surface area contributed by atoms with Gasteiger partial charge in [-0.1, -0.05) is 0 Å². The minimum Gasteiger partial charge on any atom is -0.399 e. The van der Waals surface area contributed by atoms with Crippen LogP contribution in [0.4, 0.5) is 5.69 Å². The van der Waals surface area contributed by atoms with E-state index in [9.17, 15) is 8.42 Å². The largest absolute Gasteiger partial charge is 0.399 e. The Labute approximate surface area is 107 Å². The molecule has 0 unspecified atom stereocenters. The van der Waals surface area contributed by atoms with E-state index in [1.807, 2.05) is 0 Å². The number of sulfonamides is 1. The molecule has 0 bridgehead atoms. The molecule has 0 saturated heterocycles. The average Bonchev–Trinajstić information content (AvgIpc) is 2.29. The minimum atomic E-state index is -3.59. The second kappa shape index (κ2) is 6.69. The number of methoxy groups -OCH3 is 2. The number of ether oxygens (including phenoxy) is 2. The van der Waals surface area contributed by atoms with Gasteiger partial charge in [0.15, 0.2) is 0 Å². The van der Waals surface area contributed by atoms with Crippen LogP contribution in [0.15, 0.2) is 29.2 Å². The fourth-order valence-corrected chi connectivity index (χ4v) is 2.66. The Balaban J connectivity index is 2.82. The zero-order chi connectivity index (χ0) is 13.6. The third-order valence-electron chi connectivity index (χ3n) is 2.25. The van der Waals surface area contributed by atoms with Gasteiger partial charge in [-0.15, -0.1) is 0 Å². The summed E-state index contributed by atoms with van der Waals surface area (Å²) in [7, 11) is -0.586. The standard InChI is InChI=1S/C11H18N2O4S/c1-16-7-10(8-17-2)13-18(14,15)11-5-3-9(12)4-6-11/h3-6,10,13H,7-8,12H2,1-2H3. The molecule has 0 heterocycles. The Bertz CT molecular complexity index is 452. The summed E-state index contributed by atoms with van der Waals surface area (Å²) < 4.78 is 36.5. The lowest BCUT2D eigenvalue weighted by atomic mass is 10.3. The van der Waals surface area contributed by atoms with Crippen molar-refractivity contribution in [2.24, 2.45) is 0 Å². The van der Waals surface area contributed by atoms with E-state index in [-0.39, 0.29) is 18.1 Å². The molecule has 0 spiro atoms. The van der Waals surface area contributed by atoms with Gasteiger partial charge >= 0.3 is 0 Å².